The Hall–Kier alpha value is -3.61. The number of ether oxygens (including phenoxy) is 2. The Bertz CT molecular complexity index is 913. The summed E-state index contributed by atoms with van der Waals surface area (Å²) in [5.74, 6) is 1.36. The Balaban J connectivity index is 1.75. The molecule has 0 aliphatic carbocycles. The van der Waals surface area contributed by atoms with Crippen molar-refractivity contribution in [2.75, 3.05) is 24.4 Å². The van der Waals surface area contributed by atoms with Gasteiger partial charge in [0.2, 0.25) is 5.95 Å². The van der Waals surface area contributed by atoms with Crippen LogP contribution >= 0.6 is 0 Å². The predicted molar refractivity (Wildman–Crippen MR) is 104 cm³/mol. The minimum atomic E-state index is -0.429. The molecule has 0 saturated carbocycles. The molecule has 0 spiro atoms. The first-order valence-electron chi connectivity index (χ1n) is 8.47. The van der Waals surface area contributed by atoms with Gasteiger partial charge in [0, 0.05) is 11.9 Å². The summed E-state index contributed by atoms with van der Waals surface area (Å²) in [6, 6.07) is 16.4. The fourth-order valence-electron chi connectivity index (χ4n) is 2.44. The number of benzene rings is 2. The Morgan fingerprint density at radius 3 is 2.56 bits per heavy atom. The number of methoxy groups -OCH3 is 1. The molecule has 0 fully saturated rings. The molecule has 0 saturated heterocycles. The van der Waals surface area contributed by atoms with Gasteiger partial charge in [0.15, 0.2) is 0 Å². The number of nitrogens with zero attached hydrogens (tertiary/aromatic N) is 2. The van der Waals surface area contributed by atoms with Crippen LogP contribution in [0, 0.1) is 0 Å². The Morgan fingerprint density at radius 1 is 1.04 bits per heavy atom. The highest BCUT2D eigenvalue weighted by atomic mass is 16.5. The van der Waals surface area contributed by atoms with Crippen molar-refractivity contribution in [3.63, 3.8) is 0 Å². The Morgan fingerprint density at radius 2 is 1.81 bits per heavy atom. The summed E-state index contributed by atoms with van der Waals surface area (Å²) >= 11 is 0. The average Bonchev–Trinajstić information content (AvgIpc) is 2.70. The SMILES string of the molecule is CCOc1ccc(Nc2ccnc(Nc3ccccc3C(=O)OC)n2)cc1. The van der Waals surface area contributed by atoms with Crippen LogP contribution in [-0.4, -0.2) is 29.7 Å². The van der Waals surface area contributed by atoms with Gasteiger partial charge in [-0.05, 0) is 49.4 Å². The summed E-state index contributed by atoms with van der Waals surface area (Å²) in [5.41, 5.74) is 1.86. The van der Waals surface area contributed by atoms with Gasteiger partial charge in [-0.1, -0.05) is 12.1 Å². The van der Waals surface area contributed by atoms with Crippen LogP contribution in [-0.2, 0) is 4.74 Å². The molecule has 138 valence electrons. The monoisotopic (exact) mass is 364 g/mol. The van der Waals surface area contributed by atoms with E-state index in [2.05, 4.69) is 20.6 Å². The maximum absolute atomic E-state index is 11.9. The number of esters is 1. The number of hydrogen-bond acceptors (Lipinski definition) is 7. The van der Waals surface area contributed by atoms with Crippen LogP contribution in [0.5, 0.6) is 5.75 Å². The van der Waals surface area contributed by atoms with E-state index in [-0.39, 0.29) is 0 Å². The standard InChI is InChI=1S/C20H20N4O3/c1-3-27-15-10-8-14(9-11-15)22-18-12-13-21-20(24-18)23-17-7-5-4-6-16(17)19(25)26-2/h4-13H,3H2,1-2H3,(H2,21,22,23,24). The molecule has 0 bridgehead atoms. The molecule has 2 aromatic carbocycles. The fraction of sp³-hybridized carbons (Fsp3) is 0.150. The molecular weight excluding hydrogens is 344 g/mol. The summed E-state index contributed by atoms with van der Waals surface area (Å²) in [4.78, 5) is 20.5. The largest absolute Gasteiger partial charge is 0.494 e. The summed E-state index contributed by atoms with van der Waals surface area (Å²) < 4.78 is 10.2. The second-order valence-corrected chi connectivity index (χ2v) is 5.51. The molecule has 0 amide bonds. The molecule has 1 aromatic heterocycles. The number of carbonyl (C=O) groups excluding carboxylic acids is 1. The second kappa shape index (κ2) is 8.66. The molecule has 0 aliphatic rings. The Labute approximate surface area is 157 Å². The van der Waals surface area contributed by atoms with E-state index < -0.39 is 5.97 Å². The molecule has 3 aromatic rings. The van der Waals surface area contributed by atoms with E-state index in [0.29, 0.717) is 29.6 Å². The first-order chi connectivity index (χ1) is 13.2. The zero-order chi connectivity index (χ0) is 19.1. The summed E-state index contributed by atoms with van der Waals surface area (Å²) in [6.07, 6.45) is 1.63. The van der Waals surface area contributed by atoms with Gasteiger partial charge in [-0.3, -0.25) is 0 Å². The van der Waals surface area contributed by atoms with E-state index in [1.165, 1.54) is 7.11 Å². The molecule has 1 heterocycles. The first kappa shape index (κ1) is 18.2. The van der Waals surface area contributed by atoms with Gasteiger partial charge < -0.3 is 20.1 Å². The second-order valence-electron chi connectivity index (χ2n) is 5.51. The number of para-hydroxylation sites is 1. The molecule has 27 heavy (non-hydrogen) atoms. The minimum absolute atomic E-state index is 0.363. The lowest BCUT2D eigenvalue weighted by Gasteiger charge is -2.11. The Kier molecular flexibility index (Phi) is 5.84. The highest BCUT2D eigenvalue weighted by Crippen LogP contribution is 2.22. The third-order valence-electron chi connectivity index (χ3n) is 3.67. The molecule has 0 radical (unpaired) electrons. The van der Waals surface area contributed by atoms with Crippen LogP contribution in [0.15, 0.2) is 60.8 Å². The van der Waals surface area contributed by atoms with E-state index in [9.17, 15) is 4.79 Å². The van der Waals surface area contributed by atoms with Gasteiger partial charge in [0.05, 0.1) is 25.0 Å². The quantitative estimate of drug-likeness (QED) is 0.609. The number of carbonyl (C=O) groups is 1. The van der Waals surface area contributed by atoms with Crippen molar-refractivity contribution in [1.82, 2.24) is 9.97 Å². The van der Waals surface area contributed by atoms with Crippen LogP contribution in [0.25, 0.3) is 0 Å². The van der Waals surface area contributed by atoms with E-state index in [1.54, 1.807) is 30.5 Å². The highest BCUT2D eigenvalue weighted by Gasteiger charge is 2.12. The number of hydrogen-bond donors (Lipinski definition) is 2. The van der Waals surface area contributed by atoms with Crippen molar-refractivity contribution < 1.29 is 14.3 Å². The van der Waals surface area contributed by atoms with Crippen molar-refractivity contribution in [3.8, 4) is 5.75 Å². The molecule has 3 rings (SSSR count). The molecule has 0 aliphatic heterocycles. The highest BCUT2D eigenvalue weighted by molar-refractivity contribution is 5.96. The van der Waals surface area contributed by atoms with Crippen molar-refractivity contribution >= 4 is 29.1 Å². The lowest BCUT2D eigenvalue weighted by atomic mass is 10.2. The lowest BCUT2D eigenvalue weighted by molar-refractivity contribution is 0.0602. The number of aromatic nitrogens is 2. The van der Waals surface area contributed by atoms with Crippen molar-refractivity contribution in [2.45, 2.75) is 6.92 Å². The number of rotatable bonds is 7. The number of nitrogens with one attached hydrogen (secondary N) is 2. The summed E-state index contributed by atoms with van der Waals surface area (Å²) in [5, 5.41) is 6.27. The molecule has 2 N–H and O–H groups in total. The first-order valence-corrected chi connectivity index (χ1v) is 8.47. The van der Waals surface area contributed by atoms with E-state index in [1.807, 2.05) is 37.3 Å². The van der Waals surface area contributed by atoms with Crippen molar-refractivity contribution in [3.05, 3.63) is 66.4 Å². The van der Waals surface area contributed by atoms with Crippen LogP contribution < -0.4 is 15.4 Å². The van der Waals surface area contributed by atoms with E-state index >= 15 is 0 Å². The zero-order valence-electron chi connectivity index (χ0n) is 15.1. The van der Waals surface area contributed by atoms with Crippen LogP contribution in [0.4, 0.5) is 23.1 Å². The molecule has 7 heteroatoms. The summed E-state index contributed by atoms with van der Waals surface area (Å²) in [7, 11) is 1.34. The van der Waals surface area contributed by atoms with Gasteiger partial charge in [0.1, 0.15) is 11.6 Å². The van der Waals surface area contributed by atoms with Crippen LogP contribution in [0.1, 0.15) is 17.3 Å². The van der Waals surface area contributed by atoms with Crippen LogP contribution in [0.3, 0.4) is 0 Å². The van der Waals surface area contributed by atoms with Crippen LogP contribution in [0.2, 0.25) is 0 Å². The smallest absolute Gasteiger partial charge is 0.339 e. The maximum atomic E-state index is 11.9. The average molecular weight is 364 g/mol. The lowest BCUT2D eigenvalue weighted by Crippen LogP contribution is -2.07. The molecule has 0 unspecified atom stereocenters. The fourth-order valence-corrected chi connectivity index (χ4v) is 2.44. The van der Waals surface area contributed by atoms with Gasteiger partial charge in [-0.15, -0.1) is 0 Å². The van der Waals surface area contributed by atoms with E-state index in [4.69, 9.17) is 9.47 Å². The molecule has 0 atom stereocenters. The summed E-state index contributed by atoms with van der Waals surface area (Å²) in [6.45, 7) is 2.57. The van der Waals surface area contributed by atoms with Crippen molar-refractivity contribution in [2.24, 2.45) is 0 Å². The third-order valence-corrected chi connectivity index (χ3v) is 3.67. The zero-order valence-corrected chi connectivity index (χ0v) is 15.1. The normalized spacial score (nSPS) is 10.1. The molecule has 7 nitrogen and oxygen atoms in total. The van der Waals surface area contributed by atoms with Gasteiger partial charge >= 0.3 is 5.97 Å². The van der Waals surface area contributed by atoms with Gasteiger partial charge in [-0.25, -0.2) is 9.78 Å². The number of anilines is 4. The topological polar surface area (TPSA) is 85.4 Å². The van der Waals surface area contributed by atoms with Crippen molar-refractivity contribution in [1.29, 1.82) is 0 Å². The maximum Gasteiger partial charge on any atom is 0.339 e. The molecular formula is C20H20N4O3. The minimum Gasteiger partial charge on any atom is -0.494 e. The van der Waals surface area contributed by atoms with E-state index in [0.717, 1.165) is 11.4 Å². The predicted octanol–water partition coefficient (Wildman–Crippen LogP) is 4.15. The van der Waals surface area contributed by atoms with Gasteiger partial charge in [0.25, 0.3) is 0 Å². The third kappa shape index (κ3) is 4.72. The van der Waals surface area contributed by atoms with Gasteiger partial charge in [-0.2, -0.15) is 4.98 Å².